The van der Waals surface area contributed by atoms with E-state index in [-0.39, 0.29) is 30.9 Å². The Hall–Kier alpha value is -2.26. The van der Waals surface area contributed by atoms with Gasteiger partial charge in [0.15, 0.2) is 0 Å². The molecule has 114 valence electrons. The van der Waals surface area contributed by atoms with Gasteiger partial charge < -0.3 is 20.5 Å². The second-order valence-corrected chi connectivity index (χ2v) is 4.68. The van der Waals surface area contributed by atoms with Crippen LogP contribution in [0.15, 0.2) is 18.2 Å². The number of terminal acetylenes is 1. The number of aliphatic hydroxyl groups excluding tert-OH is 1. The quantitative estimate of drug-likeness (QED) is 0.703. The first-order valence-electron chi connectivity index (χ1n) is 6.52. The number of halogens is 1. The summed E-state index contributed by atoms with van der Waals surface area (Å²) in [7, 11) is 0. The Morgan fingerprint density at radius 2 is 2.24 bits per heavy atom. The highest BCUT2D eigenvalue weighted by atomic mass is 19.1. The van der Waals surface area contributed by atoms with Crippen molar-refractivity contribution < 1.29 is 19.0 Å². The summed E-state index contributed by atoms with van der Waals surface area (Å²) in [6, 6.07) is 3.05. The van der Waals surface area contributed by atoms with E-state index < -0.39 is 11.8 Å². The number of amides is 2. The minimum Gasteiger partial charge on any atom is -0.479 e. The molecular formula is C15H19FN2O3. The van der Waals surface area contributed by atoms with Crippen molar-refractivity contribution >= 4 is 11.7 Å². The molecule has 0 heterocycles. The summed E-state index contributed by atoms with van der Waals surface area (Å²) in [5.41, 5.74) is 0.313. The Morgan fingerprint density at radius 1 is 1.52 bits per heavy atom. The maximum absolute atomic E-state index is 13.2. The summed E-state index contributed by atoms with van der Waals surface area (Å²) < 4.78 is 18.4. The van der Waals surface area contributed by atoms with Gasteiger partial charge in [-0.25, -0.2) is 9.18 Å². The van der Waals surface area contributed by atoms with E-state index in [9.17, 15) is 9.18 Å². The highest BCUT2D eigenvalue weighted by molar-refractivity contribution is 5.91. The second-order valence-electron chi connectivity index (χ2n) is 4.68. The van der Waals surface area contributed by atoms with Crippen LogP contribution in [-0.4, -0.2) is 30.4 Å². The lowest BCUT2D eigenvalue weighted by atomic mass is 10.1. The molecule has 0 radical (unpaired) electrons. The summed E-state index contributed by atoms with van der Waals surface area (Å²) in [5, 5.41) is 14.3. The number of carbonyl (C=O) groups excluding carboxylic acids is 1. The molecule has 1 rings (SSSR count). The van der Waals surface area contributed by atoms with E-state index in [1.54, 1.807) is 6.92 Å². The van der Waals surface area contributed by atoms with Gasteiger partial charge in [-0.15, -0.1) is 6.42 Å². The van der Waals surface area contributed by atoms with Crippen molar-refractivity contribution in [1.29, 1.82) is 0 Å². The molecule has 5 nitrogen and oxygen atoms in total. The monoisotopic (exact) mass is 294 g/mol. The molecule has 0 saturated heterocycles. The number of ether oxygens (including phenoxy) is 1. The van der Waals surface area contributed by atoms with Gasteiger partial charge in [-0.3, -0.25) is 0 Å². The van der Waals surface area contributed by atoms with Crippen molar-refractivity contribution in [3.05, 3.63) is 24.0 Å². The van der Waals surface area contributed by atoms with Crippen LogP contribution in [0.3, 0.4) is 0 Å². The topological polar surface area (TPSA) is 70.6 Å². The average molecular weight is 294 g/mol. The first kappa shape index (κ1) is 16.8. The van der Waals surface area contributed by atoms with E-state index in [2.05, 4.69) is 16.6 Å². The maximum atomic E-state index is 13.2. The SMILES string of the molecule is C#CCOc1cc(F)ccc1NC(=O)N[C@H](C)[C@H](C)CO. The van der Waals surface area contributed by atoms with Crippen molar-refractivity contribution in [2.24, 2.45) is 5.92 Å². The first-order valence-corrected chi connectivity index (χ1v) is 6.52. The highest BCUT2D eigenvalue weighted by Crippen LogP contribution is 2.25. The number of aliphatic hydroxyl groups is 1. The molecule has 0 bridgehead atoms. The summed E-state index contributed by atoms with van der Waals surface area (Å²) in [6.07, 6.45) is 5.09. The van der Waals surface area contributed by atoms with Crippen LogP contribution in [0.25, 0.3) is 0 Å². The fraction of sp³-hybridized carbons (Fsp3) is 0.400. The number of benzene rings is 1. The number of carbonyl (C=O) groups is 1. The molecule has 0 aliphatic heterocycles. The smallest absolute Gasteiger partial charge is 0.319 e. The van der Waals surface area contributed by atoms with Crippen molar-refractivity contribution in [1.82, 2.24) is 5.32 Å². The lowest BCUT2D eigenvalue weighted by molar-refractivity contribution is 0.204. The number of hydrogen-bond acceptors (Lipinski definition) is 3. The highest BCUT2D eigenvalue weighted by Gasteiger charge is 2.15. The molecule has 0 spiro atoms. The van der Waals surface area contributed by atoms with Gasteiger partial charge in [0.2, 0.25) is 0 Å². The van der Waals surface area contributed by atoms with Crippen LogP contribution in [0.4, 0.5) is 14.9 Å². The summed E-state index contributed by atoms with van der Waals surface area (Å²) in [6.45, 7) is 3.53. The zero-order valence-electron chi connectivity index (χ0n) is 12.0. The van der Waals surface area contributed by atoms with E-state index in [4.69, 9.17) is 16.3 Å². The molecule has 0 aliphatic rings. The van der Waals surface area contributed by atoms with Crippen molar-refractivity contribution in [3.8, 4) is 18.1 Å². The minimum absolute atomic E-state index is 0.0301. The van der Waals surface area contributed by atoms with Gasteiger partial charge in [0.1, 0.15) is 18.2 Å². The Morgan fingerprint density at radius 3 is 2.86 bits per heavy atom. The molecule has 0 aliphatic carbocycles. The van der Waals surface area contributed by atoms with Crippen LogP contribution in [0.1, 0.15) is 13.8 Å². The molecule has 1 aromatic carbocycles. The molecule has 3 N–H and O–H groups in total. The summed E-state index contributed by atoms with van der Waals surface area (Å²) in [5.74, 6) is 1.86. The third-order valence-corrected chi connectivity index (χ3v) is 3.00. The Balaban J connectivity index is 2.73. The number of rotatable bonds is 6. The lowest BCUT2D eigenvalue weighted by Gasteiger charge is -2.20. The molecule has 6 heteroatoms. The van der Waals surface area contributed by atoms with Gasteiger partial charge >= 0.3 is 6.03 Å². The van der Waals surface area contributed by atoms with Crippen LogP contribution in [0, 0.1) is 24.1 Å². The van der Waals surface area contributed by atoms with Crippen molar-refractivity contribution in [2.45, 2.75) is 19.9 Å². The standard InChI is InChI=1S/C15H19FN2O3/c1-4-7-21-14-8-12(16)5-6-13(14)18-15(20)17-11(3)10(2)9-19/h1,5-6,8,10-11,19H,7,9H2,2-3H3,(H2,17,18,20)/t10-,11-/m1/s1. The number of anilines is 1. The van der Waals surface area contributed by atoms with Crippen LogP contribution < -0.4 is 15.4 Å². The molecule has 2 amide bonds. The average Bonchev–Trinajstić information content (AvgIpc) is 2.46. The fourth-order valence-corrected chi connectivity index (χ4v) is 1.50. The van der Waals surface area contributed by atoms with Gasteiger partial charge in [-0.1, -0.05) is 12.8 Å². The Labute approximate surface area is 123 Å². The molecule has 1 aromatic rings. The minimum atomic E-state index is -0.491. The predicted octanol–water partition coefficient (Wildman–Crippen LogP) is 1.98. The van der Waals surface area contributed by atoms with Gasteiger partial charge in [0, 0.05) is 18.7 Å². The van der Waals surface area contributed by atoms with Crippen molar-refractivity contribution in [2.75, 3.05) is 18.5 Å². The van der Waals surface area contributed by atoms with Gasteiger partial charge in [-0.05, 0) is 25.0 Å². The normalized spacial score (nSPS) is 12.9. The maximum Gasteiger partial charge on any atom is 0.319 e. The van der Waals surface area contributed by atoms with Crippen LogP contribution in [-0.2, 0) is 0 Å². The molecule has 0 saturated carbocycles. The first-order chi connectivity index (χ1) is 9.97. The van der Waals surface area contributed by atoms with Crippen LogP contribution in [0.2, 0.25) is 0 Å². The molecule has 0 unspecified atom stereocenters. The predicted molar refractivity (Wildman–Crippen MR) is 78.6 cm³/mol. The molecule has 2 atom stereocenters. The van der Waals surface area contributed by atoms with Crippen LogP contribution in [0.5, 0.6) is 5.75 Å². The molecular weight excluding hydrogens is 275 g/mol. The zero-order valence-corrected chi connectivity index (χ0v) is 12.0. The largest absolute Gasteiger partial charge is 0.479 e. The van der Waals surface area contributed by atoms with Gasteiger partial charge in [-0.2, -0.15) is 0 Å². The van der Waals surface area contributed by atoms with Gasteiger partial charge in [0.25, 0.3) is 0 Å². The van der Waals surface area contributed by atoms with E-state index in [0.29, 0.717) is 5.69 Å². The second kappa shape index (κ2) is 8.12. The molecule has 21 heavy (non-hydrogen) atoms. The molecule has 0 fully saturated rings. The van der Waals surface area contributed by atoms with E-state index >= 15 is 0 Å². The van der Waals surface area contributed by atoms with Gasteiger partial charge in [0.05, 0.1) is 5.69 Å². The van der Waals surface area contributed by atoms with Crippen LogP contribution >= 0.6 is 0 Å². The number of urea groups is 1. The lowest BCUT2D eigenvalue weighted by Crippen LogP contribution is -2.40. The Kier molecular flexibility index (Phi) is 6.50. The Bertz CT molecular complexity index is 528. The third-order valence-electron chi connectivity index (χ3n) is 3.00. The number of nitrogens with one attached hydrogen (secondary N) is 2. The van der Waals surface area contributed by atoms with E-state index in [1.165, 1.54) is 12.1 Å². The van der Waals surface area contributed by atoms with E-state index in [1.807, 2.05) is 6.92 Å². The molecule has 0 aromatic heterocycles. The number of hydrogen-bond donors (Lipinski definition) is 3. The summed E-state index contributed by atoms with van der Waals surface area (Å²) in [4.78, 5) is 11.9. The third kappa shape index (κ3) is 5.32. The fourth-order valence-electron chi connectivity index (χ4n) is 1.50. The summed E-state index contributed by atoms with van der Waals surface area (Å²) >= 11 is 0. The zero-order chi connectivity index (χ0) is 15.8. The van der Waals surface area contributed by atoms with E-state index in [0.717, 1.165) is 6.07 Å². The van der Waals surface area contributed by atoms with Crippen molar-refractivity contribution in [3.63, 3.8) is 0 Å².